The molecule has 1 fully saturated rings. The van der Waals surface area contributed by atoms with Gasteiger partial charge < -0.3 is 0 Å². The molecule has 0 aromatic heterocycles. The second-order valence-corrected chi connectivity index (χ2v) is 5.04. The lowest BCUT2D eigenvalue weighted by molar-refractivity contribution is -0.126. The second kappa shape index (κ2) is 3.02. The molecule has 70 valence electrons. The largest absolute Gasteiger partial charge is 0.291 e. The van der Waals surface area contributed by atoms with Crippen molar-refractivity contribution in [1.82, 2.24) is 9.21 Å². The van der Waals surface area contributed by atoms with Gasteiger partial charge in [-0.3, -0.25) is 9.69 Å². The number of rotatable bonds is 2. The van der Waals surface area contributed by atoms with E-state index >= 15 is 0 Å². The van der Waals surface area contributed by atoms with Crippen molar-refractivity contribution in [2.24, 2.45) is 0 Å². The molecule has 0 atom stereocenters. The molecule has 0 aliphatic carbocycles. The van der Waals surface area contributed by atoms with Crippen LogP contribution in [0.5, 0.6) is 0 Å². The van der Waals surface area contributed by atoms with Crippen LogP contribution >= 0.6 is 0 Å². The number of carbonyl (C=O) groups excluding carboxylic acids is 1. The molecule has 0 aromatic rings. The van der Waals surface area contributed by atoms with Crippen molar-refractivity contribution in [1.29, 1.82) is 0 Å². The van der Waals surface area contributed by atoms with Crippen molar-refractivity contribution in [2.75, 3.05) is 26.5 Å². The van der Waals surface area contributed by atoms with Crippen LogP contribution in [0.2, 0.25) is 0 Å². The molecule has 0 radical (unpaired) electrons. The maximum atomic E-state index is 11.2. The maximum absolute atomic E-state index is 11.2. The summed E-state index contributed by atoms with van der Waals surface area (Å²) in [6.45, 7) is 0.154. The van der Waals surface area contributed by atoms with Crippen LogP contribution in [0.3, 0.4) is 0 Å². The van der Waals surface area contributed by atoms with Crippen LogP contribution in [-0.2, 0) is 14.8 Å². The average molecular weight is 192 g/mol. The summed E-state index contributed by atoms with van der Waals surface area (Å²) in [4.78, 5) is 12.7. The van der Waals surface area contributed by atoms with Gasteiger partial charge in [-0.2, -0.15) is 0 Å². The van der Waals surface area contributed by atoms with E-state index in [9.17, 15) is 13.2 Å². The van der Waals surface area contributed by atoms with Gasteiger partial charge in [0, 0.05) is 6.42 Å². The Morgan fingerprint density at radius 3 is 2.42 bits per heavy atom. The minimum Gasteiger partial charge on any atom is -0.291 e. The van der Waals surface area contributed by atoms with Crippen molar-refractivity contribution in [3.8, 4) is 0 Å². The topological polar surface area (TPSA) is 57.7 Å². The standard InChI is InChI=1S/C6H12N2O3S/c1-7(2)5-8-6(9)3-4-12(8,10)11/h3-5H2,1-2H3. The lowest BCUT2D eigenvalue weighted by atomic mass is 10.5. The SMILES string of the molecule is CN(C)CN1C(=O)CCS1(=O)=O. The predicted molar refractivity (Wildman–Crippen MR) is 43.8 cm³/mol. The summed E-state index contributed by atoms with van der Waals surface area (Å²) in [5, 5.41) is 0. The Kier molecular flexibility index (Phi) is 2.39. The molecule has 0 saturated carbocycles. The van der Waals surface area contributed by atoms with Crippen molar-refractivity contribution in [2.45, 2.75) is 6.42 Å². The number of amides is 1. The summed E-state index contributed by atoms with van der Waals surface area (Å²) in [6.07, 6.45) is 0.121. The second-order valence-electron chi connectivity index (χ2n) is 3.03. The number of nitrogens with zero attached hydrogens (tertiary/aromatic N) is 2. The molecule has 0 aromatic carbocycles. The van der Waals surface area contributed by atoms with Crippen molar-refractivity contribution >= 4 is 15.9 Å². The predicted octanol–water partition coefficient (Wildman–Crippen LogP) is -0.932. The number of carbonyl (C=O) groups is 1. The summed E-state index contributed by atoms with van der Waals surface area (Å²) < 4.78 is 23.3. The third-order valence-electron chi connectivity index (χ3n) is 1.60. The highest BCUT2D eigenvalue weighted by molar-refractivity contribution is 7.90. The molecule has 1 heterocycles. The first-order chi connectivity index (χ1) is 5.43. The maximum Gasteiger partial charge on any atom is 0.239 e. The molecular weight excluding hydrogens is 180 g/mol. The fraction of sp³-hybridized carbons (Fsp3) is 0.833. The Morgan fingerprint density at radius 1 is 1.50 bits per heavy atom. The van der Waals surface area contributed by atoms with Gasteiger partial charge in [-0.1, -0.05) is 0 Å². The molecule has 1 saturated heterocycles. The van der Waals surface area contributed by atoms with E-state index in [1.165, 1.54) is 0 Å². The highest BCUT2D eigenvalue weighted by Crippen LogP contribution is 2.14. The van der Waals surface area contributed by atoms with Crippen LogP contribution in [-0.4, -0.2) is 50.0 Å². The van der Waals surface area contributed by atoms with E-state index in [1.807, 2.05) is 0 Å². The molecule has 0 bridgehead atoms. The fourth-order valence-corrected chi connectivity index (χ4v) is 2.49. The third-order valence-corrected chi connectivity index (χ3v) is 3.31. The monoisotopic (exact) mass is 192 g/mol. The molecule has 12 heavy (non-hydrogen) atoms. The first-order valence-corrected chi connectivity index (χ1v) is 5.22. The van der Waals surface area contributed by atoms with E-state index in [0.29, 0.717) is 0 Å². The van der Waals surface area contributed by atoms with E-state index in [4.69, 9.17) is 0 Å². The van der Waals surface area contributed by atoms with Gasteiger partial charge >= 0.3 is 0 Å². The van der Waals surface area contributed by atoms with E-state index in [1.54, 1.807) is 19.0 Å². The minimum atomic E-state index is -3.29. The molecule has 1 aliphatic heterocycles. The van der Waals surface area contributed by atoms with Gasteiger partial charge in [-0.05, 0) is 14.1 Å². The van der Waals surface area contributed by atoms with Crippen LogP contribution in [0.15, 0.2) is 0 Å². The average Bonchev–Trinajstić information content (AvgIpc) is 2.15. The summed E-state index contributed by atoms with van der Waals surface area (Å²) in [7, 11) is 0.157. The lowest BCUT2D eigenvalue weighted by Crippen LogP contribution is -2.37. The Labute approximate surface area is 72.0 Å². The summed E-state index contributed by atoms with van der Waals surface area (Å²) in [6, 6.07) is 0. The Bertz CT molecular complexity index is 283. The molecule has 5 nitrogen and oxygen atoms in total. The first kappa shape index (κ1) is 9.47. The highest BCUT2D eigenvalue weighted by Gasteiger charge is 2.34. The smallest absolute Gasteiger partial charge is 0.239 e. The molecule has 1 aliphatic rings. The number of sulfonamides is 1. The van der Waals surface area contributed by atoms with Crippen LogP contribution in [0.1, 0.15) is 6.42 Å². The van der Waals surface area contributed by atoms with Crippen LogP contribution in [0, 0.1) is 0 Å². The molecule has 1 amide bonds. The lowest BCUT2D eigenvalue weighted by Gasteiger charge is -2.19. The molecule has 0 unspecified atom stereocenters. The zero-order valence-corrected chi connectivity index (χ0v) is 7.97. The van der Waals surface area contributed by atoms with Crippen molar-refractivity contribution < 1.29 is 13.2 Å². The fourth-order valence-electron chi connectivity index (χ4n) is 1.03. The Hall–Kier alpha value is -0.620. The minimum absolute atomic E-state index is 0.0420. The number of hydrogen-bond acceptors (Lipinski definition) is 4. The zero-order valence-electron chi connectivity index (χ0n) is 7.15. The Morgan fingerprint density at radius 2 is 2.08 bits per heavy atom. The highest BCUT2D eigenvalue weighted by atomic mass is 32.2. The van der Waals surface area contributed by atoms with Gasteiger partial charge in [0.2, 0.25) is 15.9 Å². The molecule has 0 spiro atoms. The molecule has 0 N–H and O–H groups in total. The third kappa shape index (κ3) is 1.75. The van der Waals surface area contributed by atoms with Crippen LogP contribution in [0.25, 0.3) is 0 Å². The van der Waals surface area contributed by atoms with Gasteiger partial charge in [-0.15, -0.1) is 0 Å². The van der Waals surface area contributed by atoms with Gasteiger partial charge in [0.1, 0.15) is 0 Å². The molecular formula is C6H12N2O3S. The molecule has 6 heteroatoms. The zero-order chi connectivity index (χ0) is 9.35. The quantitative estimate of drug-likeness (QED) is 0.567. The summed E-state index contributed by atoms with van der Waals surface area (Å²) >= 11 is 0. The van der Waals surface area contributed by atoms with Gasteiger partial charge in [0.15, 0.2) is 0 Å². The van der Waals surface area contributed by atoms with E-state index < -0.39 is 10.0 Å². The van der Waals surface area contributed by atoms with Crippen molar-refractivity contribution in [3.05, 3.63) is 0 Å². The first-order valence-electron chi connectivity index (χ1n) is 3.61. The summed E-state index contributed by atoms with van der Waals surface area (Å²) in [5.74, 6) is -0.344. The van der Waals surface area contributed by atoms with Crippen LogP contribution < -0.4 is 0 Å². The normalized spacial score (nSPS) is 22.2. The van der Waals surface area contributed by atoms with Gasteiger partial charge in [0.25, 0.3) is 0 Å². The Balaban J connectivity index is 2.79. The molecule has 1 rings (SSSR count). The summed E-state index contributed by atoms with van der Waals surface area (Å²) in [5.41, 5.74) is 0. The van der Waals surface area contributed by atoms with Crippen LogP contribution in [0.4, 0.5) is 0 Å². The van der Waals surface area contributed by atoms with Gasteiger partial charge in [0.05, 0.1) is 12.4 Å². The van der Waals surface area contributed by atoms with Gasteiger partial charge in [-0.25, -0.2) is 12.7 Å². The van der Waals surface area contributed by atoms with E-state index in [2.05, 4.69) is 0 Å². The number of hydrogen-bond donors (Lipinski definition) is 0. The van der Waals surface area contributed by atoms with E-state index in [0.717, 1.165) is 4.31 Å². The van der Waals surface area contributed by atoms with E-state index in [-0.39, 0.29) is 24.7 Å². The van der Waals surface area contributed by atoms with Crippen molar-refractivity contribution in [3.63, 3.8) is 0 Å².